The molecule has 1 heteroatoms. The van der Waals surface area contributed by atoms with Gasteiger partial charge in [-0.2, -0.15) is 0 Å². The van der Waals surface area contributed by atoms with Crippen molar-refractivity contribution in [3.63, 3.8) is 0 Å². The highest BCUT2D eigenvalue weighted by Gasteiger charge is 2.00. The van der Waals surface area contributed by atoms with Gasteiger partial charge >= 0.3 is 0 Å². The van der Waals surface area contributed by atoms with Gasteiger partial charge in [-0.25, -0.2) is 0 Å². The van der Waals surface area contributed by atoms with E-state index in [4.69, 9.17) is 0 Å². The lowest BCUT2D eigenvalue weighted by molar-refractivity contribution is 1.12. The molecule has 0 spiro atoms. The van der Waals surface area contributed by atoms with Crippen molar-refractivity contribution >= 4 is 17.8 Å². The highest BCUT2D eigenvalue weighted by atomic mass is 15.1. The predicted molar refractivity (Wildman–Crippen MR) is 70.7 cm³/mol. The van der Waals surface area contributed by atoms with Crippen LogP contribution in [0.5, 0.6) is 0 Å². The Hall–Kier alpha value is -1.98. The summed E-state index contributed by atoms with van der Waals surface area (Å²) >= 11 is 0. The molecule has 0 aromatic heterocycles. The molecule has 0 atom stereocenters. The molecule has 1 aliphatic carbocycles. The lowest BCUT2D eigenvalue weighted by Crippen LogP contribution is -2.30. The highest BCUT2D eigenvalue weighted by Crippen LogP contribution is 2.04. The molecule has 2 rings (SSSR count). The smallest absolute Gasteiger partial charge is 0.0441 e. The molecule has 0 saturated heterocycles. The number of benzene rings is 1. The maximum absolute atomic E-state index is 3.80. The van der Waals surface area contributed by atoms with E-state index in [1.54, 1.807) is 0 Å². The summed E-state index contributed by atoms with van der Waals surface area (Å²) in [6, 6.07) is 6.31. The lowest BCUT2D eigenvalue weighted by Gasteiger charge is -2.13. The lowest BCUT2D eigenvalue weighted by atomic mass is 10.1. The van der Waals surface area contributed by atoms with Gasteiger partial charge in [-0.05, 0) is 29.5 Å². The quantitative estimate of drug-likeness (QED) is 0.669. The van der Waals surface area contributed by atoms with Crippen molar-refractivity contribution in [3.05, 3.63) is 58.7 Å². The molecule has 0 unspecified atom stereocenters. The zero-order valence-corrected chi connectivity index (χ0v) is 9.70. The van der Waals surface area contributed by atoms with E-state index in [1.165, 1.54) is 16.1 Å². The summed E-state index contributed by atoms with van der Waals surface area (Å²) in [6.07, 6.45) is 7.97. The van der Waals surface area contributed by atoms with Crippen LogP contribution in [0.1, 0.15) is 0 Å². The van der Waals surface area contributed by atoms with Crippen LogP contribution < -0.4 is 15.3 Å². The van der Waals surface area contributed by atoms with Crippen molar-refractivity contribution in [2.24, 2.45) is 0 Å². The predicted octanol–water partition coefficient (Wildman–Crippen LogP) is 1.59. The Labute approximate surface area is 96.0 Å². The van der Waals surface area contributed by atoms with Crippen molar-refractivity contribution < 1.29 is 0 Å². The van der Waals surface area contributed by atoms with Gasteiger partial charge in [0.25, 0.3) is 0 Å². The SMILES string of the molecule is C=CC1=C=CC=c2cccc(N(C)C)c2=C1. The largest absolute Gasteiger partial charge is 0.377 e. The fourth-order valence-corrected chi connectivity index (χ4v) is 1.81. The van der Waals surface area contributed by atoms with E-state index in [0.717, 1.165) is 5.57 Å². The molecule has 1 aliphatic rings. The van der Waals surface area contributed by atoms with Crippen LogP contribution in [-0.4, -0.2) is 14.1 Å². The highest BCUT2D eigenvalue weighted by molar-refractivity contribution is 5.63. The standard InChI is InChI=1S/C15H15N/c1-4-12-7-5-8-13-9-6-10-15(16(2)3)14(13)11-12/h4-6,8-11H,1H2,2-3H3. The van der Waals surface area contributed by atoms with Crippen molar-refractivity contribution in [2.75, 3.05) is 19.0 Å². The number of anilines is 1. The minimum Gasteiger partial charge on any atom is -0.377 e. The average molecular weight is 209 g/mol. The summed E-state index contributed by atoms with van der Waals surface area (Å²) in [5.41, 5.74) is 5.42. The molecule has 16 heavy (non-hydrogen) atoms. The first-order valence-electron chi connectivity index (χ1n) is 5.30. The van der Waals surface area contributed by atoms with Crippen molar-refractivity contribution in [3.8, 4) is 0 Å². The Bertz CT molecular complexity index is 597. The second-order valence-electron chi connectivity index (χ2n) is 3.96. The van der Waals surface area contributed by atoms with Gasteiger partial charge in [0.05, 0.1) is 0 Å². The molecule has 0 heterocycles. The Morgan fingerprint density at radius 3 is 2.81 bits per heavy atom. The van der Waals surface area contributed by atoms with E-state index in [0.29, 0.717) is 0 Å². The summed E-state index contributed by atoms with van der Waals surface area (Å²) in [5.74, 6) is 0. The fourth-order valence-electron chi connectivity index (χ4n) is 1.81. The number of hydrogen-bond acceptors (Lipinski definition) is 1. The maximum Gasteiger partial charge on any atom is 0.0441 e. The molecule has 0 radical (unpaired) electrons. The van der Waals surface area contributed by atoms with Crippen LogP contribution in [0.3, 0.4) is 0 Å². The average Bonchev–Trinajstić information content (AvgIpc) is 2.49. The third-order valence-corrected chi connectivity index (χ3v) is 2.63. The van der Waals surface area contributed by atoms with Crippen LogP contribution >= 0.6 is 0 Å². The van der Waals surface area contributed by atoms with Gasteiger partial charge in [-0.1, -0.05) is 24.8 Å². The van der Waals surface area contributed by atoms with E-state index in [9.17, 15) is 0 Å². The van der Waals surface area contributed by atoms with Crippen molar-refractivity contribution in [2.45, 2.75) is 0 Å². The molecule has 0 N–H and O–H groups in total. The Balaban J connectivity index is 2.82. The topological polar surface area (TPSA) is 3.24 Å². The third-order valence-electron chi connectivity index (χ3n) is 2.63. The Morgan fingerprint density at radius 1 is 1.31 bits per heavy atom. The summed E-state index contributed by atoms with van der Waals surface area (Å²) in [4.78, 5) is 2.12. The number of hydrogen-bond donors (Lipinski definition) is 0. The summed E-state index contributed by atoms with van der Waals surface area (Å²) in [6.45, 7) is 3.80. The van der Waals surface area contributed by atoms with E-state index in [2.05, 4.69) is 61.7 Å². The zero-order valence-electron chi connectivity index (χ0n) is 9.70. The molecule has 0 aliphatic heterocycles. The van der Waals surface area contributed by atoms with Crippen LogP contribution in [0.2, 0.25) is 0 Å². The normalized spacial score (nSPS) is 12.8. The number of allylic oxidation sites excluding steroid dienone is 2. The van der Waals surface area contributed by atoms with Gasteiger partial charge < -0.3 is 4.90 Å². The molecule has 1 aromatic rings. The van der Waals surface area contributed by atoms with Gasteiger partial charge in [0.1, 0.15) is 0 Å². The zero-order chi connectivity index (χ0) is 11.5. The molecule has 0 bridgehead atoms. The molecular weight excluding hydrogens is 194 g/mol. The first kappa shape index (κ1) is 10.5. The van der Waals surface area contributed by atoms with Crippen molar-refractivity contribution in [1.82, 2.24) is 0 Å². The maximum atomic E-state index is 3.80. The second kappa shape index (κ2) is 4.26. The van der Waals surface area contributed by atoms with Gasteiger partial charge in [0.15, 0.2) is 0 Å². The fraction of sp³-hybridized carbons (Fsp3) is 0.133. The Morgan fingerprint density at radius 2 is 2.12 bits per heavy atom. The molecule has 0 fully saturated rings. The van der Waals surface area contributed by atoms with Gasteiger partial charge in [0.2, 0.25) is 0 Å². The number of fused-ring (bicyclic) bond motifs is 1. The summed E-state index contributed by atoms with van der Waals surface area (Å²) in [5, 5.41) is 2.44. The van der Waals surface area contributed by atoms with Crippen LogP contribution in [0, 0.1) is 0 Å². The molecule has 80 valence electrons. The second-order valence-corrected chi connectivity index (χ2v) is 3.96. The van der Waals surface area contributed by atoms with E-state index >= 15 is 0 Å². The van der Waals surface area contributed by atoms with Gasteiger partial charge in [0, 0.05) is 30.6 Å². The van der Waals surface area contributed by atoms with E-state index in [-0.39, 0.29) is 0 Å². The van der Waals surface area contributed by atoms with Crippen LogP contribution in [-0.2, 0) is 0 Å². The van der Waals surface area contributed by atoms with E-state index in [1.807, 2.05) is 12.2 Å². The number of nitrogens with zero attached hydrogens (tertiary/aromatic N) is 1. The van der Waals surface area contributed by atoms with E-state index < -0.39 is 0 Å². The first-order chi connectivity index (χ1) is 7.72. The summed E-state index contributed by atoms with van der Waals surface area (Å²) < 4.78 is 0. The molecule has 0 saturated carbocycles. The minimum absolute atomic E-state index is 1.02. The van der Waals surface area contributed by atoms with Crippen molar-refractivity contribution in [1.29, 1.82) is 0 Å². The monoisotopic (exact) mass is 209 g/mol. The third kappa shape index (κ3) is 1.86. The molecule has 1 aromatic carbocycles. The molecule has 1 nitrogen and oxygen atoms in total. The van der Waals surface area contributed by atoms with Crippen LogP contribution in [0.15, 0.2) is 48.2 Å². The van der Waals surface area contributed by atoms with Gasteiger partial charge in [-0.3, -0.25) is 0 Å². The number of rotatable bonds is 2. The first-order valence-corrected chi connectivity index (χ1v) is 5.30. The molecular formula is C15H15N. The van der Waals surface area contributed by atoms with Gasteiger partial charge in [-0.15, -0.1) is 5.73 Å². The summed E-state index contributed by atoms with van der Waals surface area (Å²) in [7, 11) is 4.11. The van der Waals surface area contributed by atoms with Crippen LogP contribution in [0.25, 0.3) is 12.2 Å². The minimum atomic E-state index is 1.02. The Kier molecular flexibility index (Phi) is 2.80. The van der Waals surface area contributed by atoms with Crippen LogP contribution in [0.4, 0.5) is 5.69 Å². The molecule has 0 amide bonds.